The van der Waals surface area contributed by atoms with Gasteiger partial charge in [0.15, 0.2) is 0 Å². The van der Waals surface area contributed by atoms with Gasteiger partial charge in [0.2, 0.25) is 0 Å². The summed E-state index contributed by atoms with van der Waals surface area (Å²) < 4.78 is 1.18. The first kappa shape index (κ1) is 8.93. The van der Waals surface area contributed by atoms with Crippen molar-refractivity contribution in [2.45, 2.75) is 11.8 Å². The Morgan fingerprint density at radius 3 is 2.64 bits per heavy atom. The number of halogens is 1. The minimum absolute atomic E-state index is 0.523. The highest BCUT2D eigenvalue weighted by atomic mass is 79.9. The van der Waals surface area contributed by atoms with E-state index in [1.165, 1.54) is 29.5 Å². The predicted molar refractivity (Wildman–Crippen MR) is 61.4 cm³/mol. The summed E-state index contributed by atoms with van der Waals surface area (Å²) in [5, 5.41) is 0. The first-order chi connectivity index (χ1) is 6.71. The molecule has 1 aliphatic heterocycles. The van der Waals surface area contributed by atoms with Crippen molar-refractivity contribution in [3.63, 3.8) is 0 Å². The number of hydrogen-bond acceptors (Lipinski definition) is 1. The molecule has 2 atom stereocenters. The summed E-state index contributed by atoms with van der Waals surface area (Å²) in [6.07, 6.45) is 1.40. The number of fused-ring (bicyclic) bond motifs is 1. The fourth-order valence-electron chi connectivity index (χ4n) is 2.96. The van der Waals surface area contributed by atoms with Gasteiger partial charge in [0.1, 0.15) is 0 Å². The first-order valence-corrected chi connectivity index (χ1v) is 5.95. The van der Waals surface area contributed by atoms with Crippen molar-refractivity contribution in [3.05, 3.63) is 34.3 Å². The third-order valence-corrected chi connectivity index (χ3v) is 4.26. The van der Waals surface area contributed by atoms with Crippen molar-refractivity contribution >= 4 is 15.9 Å². The highest BCUT2D eigenvalue weighted by Crippen LogP contribution is 2.58. The molecule has 3 rings (SSSR count). The first-order valence-electron chi connectivity index (χ1n) is 5.15. The van der Waals surface area contributed by atoms with Crippen LogP contribution in [0.25, 0.3) is 0 Å². The van der Waals surface area contributed by atoms with Gasteiger partial charge in [0, 0.05) is 23.0 Å². The number of piperidine rings is 1. The van der Waals surface area contributed by atoms with Crippen LogP contribution in [0.3, 0.4) is 0 Å². The molecule has 2 unspecified atom stereocenters. The maximum atomic E-state index is 3.49. The van der Waals surface area contributed by atoms with Crippen molar-refractivity contribution in [1.29, 1.82) is 0 Å². The predicted octanol–water partition coefficient (Wildman–Crippen LogP) is 2.65. The van der Waals surface area contributed by atoms with Crippen molar-refractivity contribution < 1.29 is 0 Å². The number of rotatable bonds is 1. The minimum Gasteiger partial charge on any atom is -0.305 e. The van der Waals surface area contributed by atoms with Gasteiger partial charge in [-0.2, -0.15) is 0 Å². The lowest BCUT2D eigenvalue weighted by molar-refractivity contribution is 0.363. The number of hydrogen-bond donors (Lipinski definition) is 0. The second-order valence-corrected chi connectivity index (χ2v) is 5.68. The van der Waals surface area contributed by atoms with Crippen LogP contribution in [-0.4, -0.2) is 25.0 Å². The Labute approximate surface area is 93.2 Å². The van der Waals surface area contributed by atoms with Gasteiger partial charge in [-0.3, -0.25) is 0 Å². The van der Waals surface area contributed by atoms with Crippen LogP contribution in [0.5, 0.6) is 0 Å². The Balaban J connectivity index is 1.93. The van der Waals surface area contributed by atoms with Crippen LogP contribution in [0.15, 0.2) is 28.7 Å². The molecule has 1 aromatic carbocycles. The van der Waals surface area contributed by atoms with E-state index in [9.17, 15) is 0 Å². The molecule has 0 N–H and O–H groups in total. The summed E-state index contributed by atoms with van der Waals surface area (Å²) in [6, 6.07) is 8.89. The topological polar surface area (TPSA) is 3.24 Å². The molecular weight excluding hydrogens is 238 g/mol. The maximum absolute atomic E-state index is 3.49. The summed E-state index contributed by atoms with van der Waals surface area (Å²) in [4.78, 5) is 2.45. The van der Waals surface area contributed by atoms with Crippen LogP contribution in [0.4, 0.5) is 0 Å². The van der Waals surface area contributed by atoms with E-state index in [0.717, 1.165) is 5.92 Å². The Morgan fingerprint density at radius 1 is 1.36 bits per heavy atom. The van der Waals surface area contributed by atoms with Gasteiger partial charge in [0.25, 0.3) is 0 Å². The maximum Gasteiger partial charge on any atom is 0.0175 e. The zero-order valence-corrected chi connectivity index (χ0v) is 9.92. The Kier molecular flexibility index (Phi) is 1.80. The zero-order valence-electron chi connectivity index (χ0n) is 8.33. The molecule has 0 radical (unpaired) electrons. The molecule has 1 saturated heterocycles. The molecule has 2 aliphatic rings. The summed E-state index contributed by atoms with van der Waals surface area (Å²) in [7, 11) is 2.23. The molecule has 0 amide bonds. The fraction of sp³-hybridized carbons (Fsp3) is 0.500. The van der Waals surface area contributed by atoms with E-state index in [-0.39, 0.29) is 0 Å². The van der Waals surface area contributed by atoms with E-state index >= 15 is 0 Å². The molecule has 74 valence electrons. The molecule has 2 heteroatoms. The van der Waals surface area contributed by atoms with E-state index in [1.54, 1.807) is 0 Å². The Hall–Kier alpha value is -0.340. The monoisotopic (exact) mass is 251 g/mol. The lowest BCUT2D eigenvalue weighted by atomic mass is 9.95. The highest BCUT2D eigenvalue weighted by molar-refractivity contribution is 9.10. The molecule has 1 nitrogen and oxygen atoms in total. The van der Waals surface area contributed by atoms with Gasteiger partial charge < -0.3 is 4.90 Å². The van der Waals surface area contributed by atoms with E-state index in [4.69, 9.17) is 0 Å². The highest BCUT2D eigenvalue weighted by Gasteiger charge is 2.59. The van der Waals surface area contributed by atoms with Crippen molar-refractivity contribution in [2.75, 3.05) is 20.1 Å². The van der Waals surface area contributed by atoms with Gasteiger partial charge in [-0.25, -0.2) is 0 Å². The smallest absolute Gasteiger partial charge is 0.0175 e. The van der Waals surface area contributed by atoms with Crippen molar-refractivity contribution in [2.24, 2.45) is 5.92 Å². The van der Waals surface area contributed by atoms with Crippen molar-refractivity contribution in [1.82, 2.24) is 4.90 Å². The third-order valence-electron chi connectivity index (χ3n) is 3.74. The van der Waals surface area contributed by atoms with E-state index in [2.05, 4.69) is 52.1 Å². The van der Waals surface area contributed by atoms with Crippen LogP contribution < -0.4 is 0 Å². The second kappa shape index (κ2) is 2.83. The SMILES string of the molecule is CN1CC2CC2(c2ccc(Br)cc2)C1. The summed E-state index contributed by atoms with van der Waals surface area (Å²) in [5.41, 5.74) is 2.06. The molecule has 1 saturated carbocycles. The molecule has 0 spiro atoms. The molecule has 1 aliphatic carbocycles. The lowest BCUT2D eigenvalue weighted by Crippen LogP contribution is -2.22. The average Bonchev–Trinajstić information content (AvgIpc) is 2.71. The summed E-state index contributed by atoms with van der Waals surface area (Å²) >= 11 is 3.49. The van der Waals surface area contributed by atoms with E-state index in [0.29, 0.717) is 5.41 Å². The number of benzene rings is 1. The van der Waals surface area contributed by atoms with Crippen LogP contribution in [0, 0.1) is 5.92 Å². The van der Waals surface area contributed by atoms with Crippen LogP contribution in [0.1, 0.15) is 12.0 Å². The Morgan fingerprint density at radius 2 is 2.07 bits per heavy atom. The molecular formula is C12H14BrN. The Bertz CT molecular complexity index is 359. The number of likely N-dealkylation sites (N-methyl/N-ethyl adjacent to an activating group) is 1. The van der Waals surface area contributed by atoms with Crippen LogP contribution in [0.2, 0.25) is 0 Å². The molecule has 0 aromatic heterocycles. The van der Waals surface area contributed by atoms with E-state index in [1.807, 2.05) is 0 Å². The average molecular weight is 252 g/mol. The van der Waals surface area contributed by atoms with Crippen LogP contribution in [-0.2, 0) is 5.41 Å². The van der Waals surface area contributed by atoms with Gasteiger partial charge >= 0.3 is 0 Å². The van der Waals surface area contributed by atoms with Crippen molar-refractivity contribution in [3.8, 4) is 0 Å². The van der Waals surface area contributed by atoms with Gasteiger partial charge in [-0.1, -0.05) is 28.1 Å². The normalized spacial score (nSPS) is 35.7. The largest absolute Gasteiger partial charge is 0.305 e. The fourth-order valence-corrected chi connectivity index (χ4v) is 3.23. The summed E-state index contributed by atoms with van der Waals surface area (Å²) in [6.45, 7) is 2.54. The van der Waals surface area contributed by atoms with Gasteiger partial charge in [-0.15, -0.1) is 0 Å². The van der Waals surface area contributed by atoms with Gasteiger partial charge in [-0.05, 0) is 37.1 Å². The molecule has 14 heavy (non-hydrogen) atoms. The third kappa shape index (κ3) is 1.17. The van der Waals surface area contributed by atoms with Crippen LogP contribution >= 0.6 is 15.9 Å². The molecule has 1 heterocycles. The zero-order chi connectivity index (χ0) is 9.76. The standard InChI is InChI=1S/C12H14BrN/c1-14-7-10-6-12(10,8-14)9-2-4-11(13)5-3-9/h2-5,10H,6-8H2,1H3. The molecule has 2 fully saturated rings. The van der Waals surface area contributed by atoms with E-state index < -0.39 is 0 Å². The lowest BCUT2D eigenvalue weighted by Gasteiger charge is -2.16. The quantitative estimate of drug-likeness (QED) is 0.742. The molecule has 0 bridgehead atoms. The minimum atomic E-state index is 0.523. The van der Waals surface area contributed by atoms with Gasteiger partial charge in [0.05, 0.1) is 0 Å². The molecule has 1 aromatic rings. The second-order valence-electron chi connectivity index (χ2n) is 4.76. The summed E-state index contributed by atoms with van der Waals surface area (Å²) in [5.74, 6) is 0.925. The number of likely N-dealkylation sites (tertiary alicyclic amines) is 1. The number of nitrogens with zero attached hydrogens (tertiary/aromatic N) is 1.